The van der Waals surface area contributed by atoms with Crippen molar-refractivity contribution in [3.05, 3.63) is 102 Å². The van der Waals surface area contributed by atoms with Crippen molar-refractivity contribution in [2.75, 3.05) is 5.73 Å². The smallest absolute Gasteiger partial charge is 0.327 e. The van der Waals surface area contributed by atoms with Gasteiger partial charge in [0.25, 0.3) is 0 Å². The Morgan fingerprint density at radius 1 is 1.29 bits per heavy atom. The molecule has 0 fully saturated rings. The Kier molecular flexibility index (Phi) is 11.5. The van der Waals surface area contributed by atoms with Gasteiger partial charge in [-0.15, -0.1) is 11.3 Å². The van der Waals surface area contributed by atoms with Crippen LogP contribution < -0.4 is 10.5 Å². The van der Waals surface area contributed by atoms with Crippen molar-refractivity contribution in [3.63, 3.8) is 0 Å². The lowest BCUT2D eigenvalue weighted by atomic mass is 9.91. The number of nitrogens with one attached hydrogen (secondary N) is 1. The van der Waals surface area contributed by atoms with Crippen LogP contribution in [0.4, 0.5) is 5.69 Å². The minimum Gasteiger partial charge on any atom is -0.478 e. The molecule has 0 amide bonds. The maximum absolute atomic E-state index is 9.25. The fourth-order valence-electron chi connectivity index (χ4n) is 3.11. The highest BCUT2D eigenvalue weighted by Crippen LogP contribution is 2.34. The zero-order valence-electron chi connectivity index (χ0n) is 20.4. The van der Waals surface area contributed by atoms with Gasteiger partial charge in [0, 0.05) is 16.7 Å². The number of hydrogen-bond donors (Lipinski definition) is 3. The van der Waals surface area contributed by atoms with E-state index in [0.29, 0.717) is 5.92 Å². The molecule has 2 unspecified atom stereocenters. The Hall–Kier alpha value is -3.13. The third-order valence-corrected chi connectivity index (χ3v) is 7.00. The molecule has 1 heterocycles. The molecular formula is C28H33N3O2S2. The van der Waals surface area contributed by atoms with Crippen LogP contribution in [-0.4, -0.2) is 16.1 Å². The standard InChI is InChI=1S/C23H23N3S2.C3H4O2.C2H6/c1-15-10-11-17(12-16(15)2)13-21(26-28-19-7-5-6-18(24)14-19)23-25-20-8-3-4-9-22(20)27-23;1-2-3(4)5;1-2/h3-12,14-15,21,26H,2,13,24H2,1H3;2H,1H2,(H,4,5);1-2H3. The number of aliphatic carboxylic acids is 1. The van der Waals surface area contributed by atoms with Crippen LogP contribution >= 0.6 is 23.3 Å². The van der Waals surface area contributed by atoms with Crippen LogP contribution in [0.1, 0.15) is 38.2 Å². The van der Waals surface area contributed by atoms with Crippen molar-refractivity contribution >= 4 is 45.2 Å². The topological polar surface area (TPSA) is 88.2 Å². The van der Waals surface area contributed by atoms with Gasteiger partial charge in [0.1, 0.15) is 5.01 Å². The van der Waals surface area contributed by atoms with Crippen LogP contribution in [0.15, 0.2) is 102 Å². The Bertz CT molecular complexity index is 1180. The number of carboxylic acid groups (broad SMARTS) is 1. The molecule has 5 nitrogen and oxygen atoms in total. The van der Waals surface area contributed by atoms with Gasteiger partial charge in [0.05, 0.1) is 16.3 Å². The van der Waals surface area contributed by atoms with E-state index >= 15 is 0 Å². The maximum atomic E-state index is 9.25. The number of rotatable bonds is 7. The maximum Gasteiger partial charge on any atom is 0.327 e. The molecular weight excluding hydrogens is 474 g/mol. The molecule has 3 aromatic rings. The Morgan fingerprint density at radius 3 is 2.63 bits per heavy atom. The van der Waals surface area contributed by atoms with Gasteiger partial charge in [0.2, 0.25) is 0 Å². The average Bonchev–Trinajstić information content (AvgIpc) is 3.30. The summed E-state index contributed by atoms with van der Waals surface area (Å²) in [5.74, 6) is -0.579. The number of hydrogen-bond acceptors (Lipinski definition) is 6. The van der Waals surface area contributed by atoms with Crippen LogP contribution in [0.2, 0.25) is 0 Å². The second kappa shape index (κ2) is 14.3. The number of allylic oxidation sites excluding steroid dienone is 4. The van der Waals surface area contributed by atoms with Gasteiger partial charge in [-0.05, 0) is 65.8 Å². The number of thiazole rings is 1. The number of carboxylic acids is 1. The number of carbonyl (C=O) groups is 1. The number of para-hydroxylation sites is 1. The van der Waals surface area contributed by atoms with Gasteiger partial charge in [-0.2, -0.15) is 0 Å². The molecule has 1 aliphatic carbocycles. The van der Waals surface area contributed by atoms with Crippen molar-refractivity contribution in [2.45, 2.75) is 38.1 Å². The summed E-state index contributed by atoms with van der Waals surface area (Å²) in [6, 6.07) is 16.3. The lowest BCUT2D eigenvalue weighted by Gasteiger charge is -2.20. The van der Waals surface area contributed by atoms with Gasteiger partial charge in [-0.3, -0.25) is 0 Å². The molecule has 0 radical (unpaired) electrons. The van der Waals surface area contributed by atoms with Gasteiger partial charge in [0.15, 0.2) is 0 Å². The fraction of sp³-hybridized carbons (Fsp3) is 0.214. The minimum atomic E-state index is -0.981. The highest BCUT2D eigenvalue weighted by Gasteiger charge is 2.19. The molecule has 0 aliphatic heterocycles. The highest BCUT2D eigenvalue weighted by molar-refractivity contribution is 7.97. The van der Waals surface area contributed by atoms with Crippen molar-refractivity contribution in [1.82, 2.24) is 9.71 Å². The van der Waals surface area contributed by atoms with E-state index in [1.54, 1.807) is 23.3 Å². The second-order valence-electron chi connectivity index (χ2n) is 7.55. The number of benzene rings is 2. The first kappa shape index (κ1) is 28.1. The zero-order valence-corrected chi connectivity index (χ0v) is 22.0. The molecule has 1 aliphatic rings. The average molecular weight is 508 g/mol. The number of nitrogens with zero attached hydrogens (tertiary/aromatic N) is 1. The normalized spacial score (nSPS) is 15.2. The van der Waals surface area contributed by atoms with Crippen LogP contribution in [0, 0.1) is 5.92 Å². The highest BCUT2D eigenvalue weighted by atomic mass is 32.2. The molecule has 0 spiro atoms. The molecule has 4 rings (SSSR count). The van der Waals surface area contributed by atoms with E-state index in [-0.39, 0.29) is 6.04 Å². The van der Waals surface area contributed by atoms with Crippen molar-refractivity contribution < 1.29 is 9.90 Å². The predicted molar refractivity (Wildman–Crippen MR) is 152 cm³/mol. The molecule has 0 saturated heterocycles. The Morgan fingerprint density at radius 2 is 2.00 bits per heavy atom. The monoisotopic (exact) mass is 507 g/mol. The summed E-state index contributed by atoms with van der Waals surface area (Å²) in [4.78, 5) is 15.2. The van der Waals surface area contributed by atoms with Gasteiger partial charge >= 0.3 is 5.97 Å². The molecule has 0 saturated carbocycles. The molecule has 0 bridgehead atoms. The summed E-state index contributed by atoms with van der Waals surface area (Å²) < 4.78 is 4.83. The summed E-state index contributed by atoms with van der Waals surface area (Å²) in [6.45, 7) is 13.3. The van der Waals surface area contributed by atoms with E-state index in [1.165, 1.54) is 10.3 Å². The molecule has 2 aromatic carbocycles. The lowest BCUT2D eigenvalue weighted by molar-refractivity contribution is -0.131. The summed E-state index contributed by atoms with van der Waals surface area (Å²) >= 11 is 3.35. The van der Waals surface area contributed by atoms with Gasteiger partial charge in [-0.25, -0.2) is 14.5 Å². The predicted octanol–water partition coefficient (Wildman–Crippen LogP) is 7.58. The third-order valence-electron chi connectivity index (χ3n) is 4.95. The Labute approximate surface area is 216 Å². The van der Waals surface area contributed by atoms with E-state index in [9.17, 15) is 4.79 Å². The van der Waals surface area contributed by atoms with E-state index in [2.05, 4.69) is 67.3 Å². The molecule has 35 heavy (non-hydrogen) atoms. The zero-order chi connectivity index (χ0) is 25.8. The Balaban J connectivity index is 0.000000551. The van der Waals surface area contributed by atoms with Crippen LogP contribution in [0.25, 0.3) is 10.2 Å². The number of nitrogens with two attached hydrogens (primary N) is 1. The van der Waals surface area contributed by atoms with E-state index in [1.807, 2.05) is 38.1 Å². The number of aromatic nitrogens is 1. The van der Waals surface area contributed by atoms with Crippen molar-refractivity contribution in [3.8, 4) is 0 Å². The van der Waals surface area contributed by atoms with Crippen molar-refractivity contribution in [1.29, 1.82) is 0 Å². The van der Waals surface area contributed by atoms with E-state index < -0.39 is 5.97 Å². The summed E-state index contributed by atoms with van der Waals surface area (Å²) in [5, 5.41) is 8.70. The van der Waals surface area contributed by atoms with Crippen LogP contribution in [0.3, 0.4) is 0 Å². The fourth-order valence-corrected chi connectivity index (χ4v) is 5.02. The first-order valence-corrected chi connectivity index (χ1v) is 13.1. The van der Waals surface area contributed by atoms with Gasteiger partial charge in [-0.1, -0.05) is 70.4 Å². The summed E-state index contributed by atoms with van der Waals surface area (Å²) in [7, 11) is 0. The molecule has 1 aromatic heterocycles. The summed E-state index contributed by atoms with van der Waals surface area (Å²) in [6.07, 6.45) is 8.33. The van der Waals surface area contributed by atoms with E-state index in [4.69, 9.17) is 15.8 Å². The third kappa shape index (κ3) is 8.87. The first-order chi connectivity index (χ1) is 16.9. The first-order valence-electron chi connectivity index (χ1n) is 11.4. The largest absolute Gasteiger partial charge is 0.478 e. The number of nitrogen functional groups attached to an aromatic ring is 1. The quantitative estimate of drug-likeness (QED) is 0.174. The second-order valence-corrected chi connectivity index (χ2v) is 9.53. The van der Waals surface area contributed by atoms with Crippen molar-refractivity contribution in [2.24, 2.45) is 5.92 Å². The number of fused-ring (bicyclic) bond motifs is 1. The molecule has 7 heteroatoms. The van der Waals surface area contributed by atoms with Gasteiger partial charge < -0.3 is 10.8 Å². The minimum absolute atomic E-state index is 0.0981. The summed E-state index contributed by atoms with van der Waals surface area (Å²) in [5.41, 5.74) is 10.2. The SMILES string of the molecule is C=C1C=C(CC(NSc2cccc(N)c2)c2nc3ccccc3s2)C=CC1C.C=CC(=O)O.CC. The molecule has 2 atom stereocenters. The van der Waals surface area contributed by atoms with Crippen LogP contribution in [-0.2, 0) is 4.79 Å². The molecule has 184 valence electrons. The number of anilines is 1. The lowest BCUT2D eigenvalue weighted by Crippen LogP contribution is -2.15. The van der Waals surface area contributed by atoms with E-state index in [0.717, 1.165) is 39.2 Å². The van der Waals surface area contributed by atoms with Crippen LogP contribution in [0.5, 0.6) is 0 Å². The molecule has 4 N–H and O–H groups in total.